The van der Waals surface area contributed by atoms with Crippen molar-refractivity contribution in [2.24, 2.45) is 0 Å². The van der Waals surface area contributed by atoms with Crippen LogP contribution in [0, 0.1) is 5.82 Å². The molecule has 1 aromatic carbocycles. The molecule has 1 atom stereocenters. The number of thiazole rings is 1. The number of amides is 2. The third kappa shape index (κ3) is 3.88. The van der Waals surface area contributed by atoms with Crippen LogP contribution >= 0.6 is 11.3 Å². The van der Waals surface area contributed by atoms with Crippen molar-refractivity contribution in [1.82, 2.24) is 15.6 Å². The lowest BCUT2D eigenvalue weighted by atomic mass is 10.1. The van der Waals surface area contributed by atoms with Crippen LogP contribution in [-0.2, 0) is 0 Å². The molecule has 1 heterocycles. The summed E-state index contributed by atoms with van der Waals surface area (Å²) in [7, 11) is 0. The van der Waals surface area contributed by atoms with Crippen LogP contribution in [0.15, 0.2) is 29.6 Å². The fourth-order valence-electron chi connectivity index (χ4n) is 1.82. The fraction of sp³-hybridized carbons (Fsp3) is 0.267. The lowest BCUT2D eigenvalue weighted by molar-refractivity contribution is 0.0935. The zero-order valence-corrected chi connectivity index (χ0v) is 13.0. The fourth-order valence-corrected chi connectivity index (χ4v) is 2.54. The van der Waals surface area contributed by atoms with Gasteiger partial charge in [0.1, 0.15) is 11.5 Å². The summed E-state index contributed by atoms with van der Waals surface area (Å²) in [6.07, 6.45) is 0. The second-order valence-corrected chi connectivity index (χ2v) is 5.50. The summed E-state index contributed by atoms with van der Waals surface area (Å²) < 4.78 is 12.9. The Hall–Kier alpha value is -2.28. The molecule has 0 saturated carbocycles. The quantitative estimate of drug-likeness (QED) is 0.889. The van der Waals surface area contributed by atoms with Crippen LogP contribution in [0.2, 0.25) is 0 Å². The molecular weight excluding hydrogens is 305 g/mol. The molecule has 0 aliphatic heterocycles. The Bertz CT molecular complexity index is 670. The molecule has 2 rings (SSSR count). The van der Waals surface area contributed by atoms with Gasteiger partial charge in [-0.2, -0.15) is 0 Å². The first-order valence-electron chi connectivity index (χ1n) is 6.81. The number of rotatable bonds is 5. The Morgan fingerprint density at radius 1 is 1.27 bits per heavy atom. The third-order valence-electron chi connectivity index (χ3n) is 2.99. The number of carbonyl (C=O) groups excluding carboxylic acids is 2. The number of nitrogens with one attached hydrogen (secondary N) is 2. The molecular formula is C15H16FN3O2S. The molecule has 0 unspecified atom stereocenters. The molecule has 0 aliphatic rings. The Labute approximate surface area is 131 Å². The molecule has 0 saturated heterocycles. The number of halogens is 1. The predicted octanol–water partition coefficient (Wildman–Crippen LogP) is 2.52. The van der Waals surface area contributed by atoms with E-state index in [9.17, 15) is 14.0 Å². The van der Waals surface area contributed by atoms with Crippen LogP contribution in [0.3, 0.4) is 0 Å². The monoisotopic (exact) mass is 321 g/mol. The van der Waals surface area contributed by atoms with Crippen molar-refractivity contribution >= 4 is 23.2 Å². The maximum Gasteiger partial charge on any atom is 0.280 e. The minimum absolute atomic E-state index is 0.195. The minimum atomic E-state index is -0.372. The van der Waals surface area contributed by atoms with E-state index in [4.69, 9.17) is 0 Å². The van der Waals surface area contributed by atoms with Crippen molar-refractivity contribution in [1.29, 1.82) is 0 Å². The number of hydrogen-bond donors (Lipinski definition) is 2. The molecule has 0 radical (unpaired) electrons. The van der Waals surface area contributed by atoms with Crippen molar-refractivity contribution in [3.05, 3.63) is 51.7 Å². The van der Waals surface area contributed by atoms with Gasteiger partial charge in [0, 0.05) is 11.9 Å². The molecule has 0 aliphatic carbocycles. The van der Waals surface area contributed by atoms with E-state index in [1.807, 2.05) is 6.92 Å². The summed E-state index contributed by atoms with van der Waals surface area (Å²) in [6.45, 7) is 4.10. The Morgan fingerprint density at radius 3 is 2.59 bits per heavy atom. The summed E-state index contributed by atoms with van der Waals surface area (Å²) in [6, 6.07) is 5.62. The van der Waals surface area contributed by atoms with E-state index >= 15 is 0 Å². The van der Waals surface area contributed by atoms with Crippen molar-refractivity contribution in [3.8, 4) is 0 Å². The molecule has 1 aromatic heterocycles. The van der Waals surface area contributed by atoms with Crippen LogP contribution < -0.4 is 10.6 Å². The van der Waals surface area contributed by atoms with Crippen molar-refractivity contribution in [2.45, 2.75) is 19.9 Å². The molecule has 2 aromatic rings. The number of benzene rings is 1. The Kier molecular flexibility index (Phi) is 5.21. The predicted molar refractivity (Wildman–Crippen MR) is 82.4 cm³/mol. The molecule has 116 valence electrons. The first-order chi connectivity index (χ1) is 10.5. The van der Waals surface area contributed by atoms with Gasteiger partial charge < -0.3 is 10.6 Å². The van der Waals surface area contributed by atoms with E-state index in [2.05, 4.69) is 15.6 Å². The highest BCUT2D eigenvalue weighted by atomic mass is 32.1. The third-order valence-corrected chi connectivity index (χ3v) is 3.83. The second kappa shape index (κ2) is 7.13. The summed E-state index contributed by atoms with van der Waals surface area (Å²) in [5, 5.41) is 7.19. The van der Waals surface area contributed by atoms with Gasteiger partial charge in [0.05, 0.1) is 6.04 Å². The summed E-state index contributed by atoms with van der Waals surface area (Å²) >= 11 is 1.12. The first kappa shape index (κ1) is 16.1. The van der Waals surface area contributed by atoms with Gasteiger partial charge in [0.2, 0.25) is 0 Å². The maximum atomic E-state index is 12.9. The van der Waals surface area contributed by atoms with E-state index in [1.165, 1.54) is 17.5 Å². The van der Waals surface area contributed by atoms with E-state index in [-0.39, 0.29) is 34.4 Å². The highest BCUT2D eigenvalue weighted by Gasteiger charge is 2.17. The van der Waals surface area contributed by atoms with Gasteiger partial charge in [0.25, 0.3) is 11.8 Å². The van der Waals surface area contributed by atoms with Gasteiger partial charge in [-0.3, -0.25) is 9.59 Å². The van der Waals surface area contributed by atoms with Gasteiger partial charge in [-0.15, -0.1) is 11.3 Å². The van der Waals surface area contributed by atoms with Gasteiger partial charge in [-0.25, -0.2) is 9.37 Å². The topological polar surface area (TPSA) is 71.1 Å². The minimum Gasteiger partial charge on any atom is -0.350 e. The summed E-state index contributed by atoms with van der Waals surface area (Å²) in [4.78, 5) is 27.8. The first-order valence-corrected chi connectivity index (χ1v) is 7.69. The molecule has 5 nitrogen and oxygen atoms in total. The summed E-state index contributed by atoms with van der Waals surface area (Å²) in [5.74, 6) is -0.991. The van der Waals surface area contributed by atoms with E-state index < -0.39 is 0 Å². The van der Waals surface area contributed by atoms with Crippen LogP contribution in [0.5, 0.6) is 0 Å². The summed E-state index contributed by atoms with van der Waals surface area (Å²) in [5.41, 5.74) is 0.981. The lowest BCUT2D eigenvalue weighted by Gasteiger charge is -2.13. The number of carbonyl (C=O) groups is 2. The van der Waals surface area contributed by atoms with Gasteiger partial charge in [0.15, 0.2) is 5.01 Å². The SMILES string of the molecule is CCNC(=O)c1nc(C(=O)N[C@H](C)c2ccc(F)cc2)cs1. The molecule has 22 heavy (non-hydrogen) atoms. The van der Waals surface area contributed by atoms with E-state index in [0.717, 1.165) is 16.9 Å². The molecule has 2 N–H and O–H groups in total. The molecule has 0 spiro atoms. The number of nitrogens with zero attached hydrogens (tertiary/aromatic N) is 1. The van der Waals surface area contributed by atoms with E-state index in [1.54, 1.807) is 19.1 Å². The standard InChI is InChI=1S/C15H16FN3O2S/c1-3-17-14(21)15-19-12(8-22-15)13(20)18-9(2)10-4-6-11(16)7-5-10/h4-9H,3H2,1-2H3,(H,17,21)(H,18,20)/t9-/m1/s1. The Morgan fingerprint density at radius 2 is 1.95 bits per heavy atom. The molecule has 0 bridgehead atoms. The highest BCUT2D eigenvalue weighted by molar-refractivity contribution is 7.11. The molecule has 2 amide bonds. The van der Waals surface area contributed by atoms with Crippen molar-refractivity contribution < 1.29 is 14.0 Å². The number of hydrogen-bond acceptors (Lipinski definition) is 4. The van der Waals surface area contributed by atoms with Gasteiger partial charge in [-0.1, -0.05) is 12.1 Å². The van der Waals surface area contributed by atoms with E-state index in [0.29, 0.717) is 6.54 Å². The van der Waals surface area contributed by atoms with Gasteiger partial charge in [-0.05, 0) is 31.5 Å². The smallest absolute Gasteiger partial charge is 0.280 e. The van der Waals surface area contributed by atoms with Crippen molar-refractivity contribution in [3.63, 3.8) is 0 Å². The van der Waals surface area contributed by atoms with Crippen LogP contribution in [0.1, 0.15) is 45.7 Å². The Balaban J connectivity index is 2.02. The molecule has 7 heteroatoms. The van der Waals surface area contributed by atoms with Crippen LogP contribution in [-0.4, -0.2) is 23.3 Å². The van der Waals surface area contributed by atoms with Crippen LogP contribution in [0.25, 0.3) is 0 Å². The average Bonchev–Trinajstić information content (AvgIpc) is 2.98. The zero-order chi connectivity index (χ0) is 16.1. The lowest BCUT2D eigenvalue weighted by Crippen LogP contribution is -2.27. The van der Waals surface area contributed by atoms with Crippen LogP contribution in [0.4, 0.5) is 4.39 Å². The largest absolute Gasteiger partial charge is 0.350 e. The second-order valence-electron chi connectivity index (χ2n) is 4.64. The van der Waals surface area contributed by atoms with Gasteiger partial charge >= 0.3 is 0 Å². The zero-order valence-electron chi connectivity index (χ0n) is 12.2. The normalized spacial score (nSPS) is 11.8. The molecule has 0 fully saturated rings. The average molecular weight is 321 g/mol. The maximum absolute atomic E-state index is 12.9. The number of aromatic nitrogens is 1. The van der Waals surface area contributed by atoms with Crippen molar-refractivity contribution in [2.75, 3.05) is 6.54 Å². The highest BCUT2D eigenvalue weighted by Crippen LogP contribution is 2.15.